The van der Waals surface area contributed by atoms with E-state index in [-0.39, 0.29) is 12.2 Å². The summed E-state index contributed by atoms with van der Waals surface area (Å²) >= 11 is 3.51. The maximum absolute atomic E-state index is 12.6. The lowest BCUT2D eigenvalue weighted by Gasteiger charge is -2.15. The highest BCUT2D eigenvalue weighted by atomic mass is 79.9. The summed E-state index contributed by atoms with van der Waals surface area (Å²) in [5.74, 6) is 0.602. The summed E-state index contributed by atoms with van der Waals surface area (Å²) in [5.41, 5.74) is 4.55. The van der Waals surface area contributed by atoms with Gasteiger partial charge in [-0.25, -0.2) is 10.2 Å². The molecule has 0 radical (unpaired) electrons. The first-order chi connectivity index (χ1) is 17.9. The second kappa shape index (κ2) is 13.3. The summed E-state index contributed by atoms with van der Waals surface area (Å²) in [6.45, 7) is 4.77. The summed E-state index contributed by atoms with van der Waals surface area (Å²) in [6, 6.07) is 14.8. The Morgan fingerprint density at radius 2 is 1.59 bits per heavy atom. The zero-order chi connectivity index (χ0) is 26.8. The molecule has 0 aliphatic rings. The highest BCUT2D eigenvalue weighted by Gasteiger charge is 2.14. The molecule has 0 heterocycles. The second-order valence-corrected chi connectivity index (χ2v) is 8.41. The molecule has 0 spiro atoms. The number of nitrogens with one attached hydrogen (secondary N) is 1. The number of hydrazone groups is 1. The first-order valence-electron chi connectivity index (χ1n) is 11.4. The van der Waals surface area contributed by atoms with Gasteiger partial charge in [0.25, 0.3) is 5.91 Å². The van der Waals surface area contributed by atoms with Crippen LogP contribution in [-0.2, 0) is 6.61 Å². The Morgan fingerprint density at radius 3 is 2.24 bits per heavy atom. The number of carboxylic acid groups (broad SMARTS) is 1. The van der Waals surface area contributed by atoms with Gasteiger partial charge in [-0.15, -0.1) is 0 Å². The summed E-state index contributed by atoms with van der Waals surface area (Å²) in [6.07, 6.45) is 1.49. The number of ether oxygens (including phenoxy) is 4. The van der Waals surface area contributed by atoms with Crippen molar-refractivity contribution in [2.45, 2.75) is 20.5 Å². The van der Waals surface area contributed by atoms with Crippen LogP contribution in [0, 0.1) is 0 Å². The molecule has 9 nitrogen and oxygen atoms in total. The predicted octanol–water partition coefficient (Wildman–Crippen LogP) is 5.30. The highest BCUT2D eigenvalue weighted by molar-refractivity contribution is 9.10. The molecule has 0 saturated carbocycles. The van der Waals surface area contributed by atoms with E-state index >= 15 is 0 Å². The third-order valence-electron chi connectivity index (χ3n) is 5.02. The molecule has 10 heteroatoms. The topological polar surface area (TPSA) is 116 Å². The van der Waals surface area contributed by atoms with Crippen LogP contribution < -0.4 is 24.4 Å². The average Bonchev–Trinajstić information content (AvgIpc) is 2.88. The van der Waals surface area contributed by atoms with Gasteiger partial charge in [-0.3, -0.25) is 4.79 Å². The summed E-state index contributed by atoms with van der Waals surface area (Å²) in [5, 5.41) is 13.1. The van der Waals surface area contributed by atoms with E-state index in [4.69, 9.17) is 24.1 Å². The molecular weight excluding hydrogens is 544 g/mol. The van der Waals surface area contributed by atoms with Gasteiger partial charge >= 0.3 is 5.97 Å². The molecule has 0 fully saturated rings. The first kappa shape index (κ1) is 27.5. The Labute approximate surface area is 223 Å². The zero-order valence-electron chi connectivity index (χ0n) is 20.6. The highest BCUT2D eigenvalue weighted by Crippen LogP contribution is 2.37. The smallest absolute Gasteiger partial charge is 0.335 e. The van der Waals surface area contributed by atoms with Gasteiger partial charge in [0.05, 0.1) is 36.6 Å². The minimum absolute atomic E-state index is 0.206. The van der Waals surface area contributed by atoms with Crippen LogP contribution in [-0.4, -0.2) is 43.5 Å². The Hall–Kier alpha value is -4.05. The van der Waals surface area contributed by atoms with Crippen molar-refractivity contribution in [2.24, 2.45) is 5.10 Å². The number of rotatable bonds is 12. The lowest BCUT2D eigenvalue weighted by Crippen LogP contribution is -2.17. The number of carbonyl (C=O) groups excluding carboxylic acids is 1. The second-order valence-electron chi connectivity index (χ2n) is 7.55. The van der Waals surface area contributed by atoms with E-state index in [1.807, 2.05) is 13.8 Å². The van der Waals surface area contributed by atoms with E-state index in [2.05, 4.69) is 26.5 Å². The van der Waals surface area contributed by atoms with Gasteiger partial charge in [0.2, 0.25) is 0 Å². The molecule has 3 aromatic carbocycles. The number of hydrogen-bond donors (Lipinski definition) is 2. The van der Waals surface area contributed by atoms with E-state index < -0.39 is 11.9 Å². The number of carboxylic acids is 1. The fourth-order valence-electron chi connectivity index (χ4n) is 3.28. The van der Waals surface area contributed by atoms with Crippen LogP contribution in [0.4, 0.5) is 0 Å². The van der Waals surface area contributed by atoms with Crippen LogP contribution in [0.1, 0.15) is 45.7 Å². The van der Waals surface area contributed by atoms with Crippen molar-refractivity contribution < 1.29 is 33.6 Å². The first-order valence-corrected chi connectivity index (χ1v) is 12.2. The maximum Gasteiger partial charge on any atom is 0.335 e. The monoisotopic (exact) mass is 570 g/mol. The standard InChI is InChI=1S/C27H27BrN2O7/c1-4-35-23-14-20(10-11-22(23)34-3)26(31)30-29-15-18-12-21(28)25(24(13-18)36-5-2)37-16-17-6-8-19(9-7-17)27(32)33/h6-15H,4-5,16H2,1-3H3,(H,30,31)(H,32,33)/b29-15+. The van der Waals surface area contributed by atoms with Gasteiger partial charge in [0, 0.05) is 5.56 Å². The van der Waals surface area contributed by atoms with Gasteiger partial charge in [-0.1, -0.05) is 12.1 Å². The Bertz CT molecular complexity index is 1280. The number of methoxy groups -OCH3 is 1. The van der Waals surface area contributed by atoms with Crippen molar-refractivity contribution in [1.29, 1.82) is 0 Å². The molecule has 3 aromatic rings. The molecule has 0 atom stereocenters. The molecule has 0 bridgehead atoms. The van der Waals surface area contributed by atoms with Crippen LogP contribution in [0.5, 0.6) is 23.0 Å². The van der Waals surface area contributed by atoms with Gasteiger partial charge in [-0.2, -0.15) is 5.10 Å². The zero-order valence-corrected chi connectivity index (χ0v) is 22.2. The minimum atomic E-state index is -0.985. The van der Waals surface area contributed by atoms with Crippen LogP contribution in [0.15, 0.2) is 64.2 Å². The molecule has 2 N–H and O–H groups in total. The predicted molar refractivity (Wildman–Crippen MR) is 142 cm³/mol. The number of nitrogens with zero attached hydrogens (tertiary/aromatic N) is 1. The van der Waals surface area contributed by atoms with Crippen molar-refractivity contribution in [3.05, 3.63) is 81.3 Å². The van der Waals surface area contributed by atoms with E-state index in [1.54, 1.807) is 42.5 Å². The summed E-state index contributed by atoms with van der Waals surface area (Å²) in [4.78, 5) is 23.6. The Morgan fingerprint density at radius 1 is 0.919 bits per heavy atom. The molecule has 194 valence electrons. The summed E-state index contributed by atoms with van der Waals surface area (Å²) < 4.78 is 23.1. The van der Waals surface area contributed by atoms with E-state index in [9.17, 15) is 9.59 Å². The average molecular weight is 571 g/mol. The maximum atomic E-state index is 12.6. The minimum Gasteiger partial charge on any atom is -0.493 e. The number of carbonyl (C=O) groups is 2. The van der Waals surface area contributed by atoms with Crippen molar-refractivity contribution in [1.82, 2.24) is 5.43 Å². The molecule has 1 amide bonds. The molecule has 0 aromatic heterocycles. The molecule has 3 rings (SSSR count). The quantitative estimate of drug-likeness (QED) is 0.224. The van der Waals surface area contributed by atoms with Crippen LogP contribution in [0.3, 0.4) is 0 Å². The fourth-order valence-corrected chi connectivity index (χ4v) is 3.85. The van der Waals surface area contributed by atoms with Gasteiger partial charge in [0.1, 0.15) is 6.61 Å². The molecule has 0 aliphatic heterocycles. The summed E-state index contributed by atoms with van der Waals surface area (Å²) in [7, 11) is 1.53. The van der Waals surface area contributed by atoms with Crippen molar-refractivity contribution in [2.75, 3.05) is 20.3 Å². The molecule has 0 saturated heterocycles. The van der Waals surface area contributed by atoms with Crippen molar-refractivity contribution >= 4 is 34.0 Å². The number of benzene rings is 3. The van der Waals surface area contributed by atoms with Crippen LogP contribution >= 0.6 is 15.9 Å². The van der Waals surface area contributed by atoms with Gasteiger partial charge in [-0.05, 0) is 83.4 Å². The number of amides is 1. The largest absolute Gasteiger partial charge is 0.493 e. The molecule has 37 heavy (non-hydrogen) atoms. The Balaban J connectivity index is 1.71. The van der Waals surface area contributed by atoms with E-state index in [1.165, 1.54) is 25.5 Å². The van der Waals surface area contributed by atoms with Crippen LogP contribution in [0.25, 0.3) is 0 Å². The Kier molecular flexibility index (Phi) is 9.91. The lowest BCUT2D eigenvalue weighted by molar-refractivity contribution is 0.0696. The van der Waals surface area contributed by atoms with Crippen LogP contribution in [0.2, 0.25) is 0 Å². The third-order valence-corrected chi connectivity index (χ3v) is 5.61. The van der Waals surface area contributed by atoms with Gasteiger partial charge in [0.15, 0.2) is 23.0 Å². The van der Waals surface area contributed by atoms with E-state index in [0.717, 1.165) is 5.56 Å². The lowest BCUT2D eigenvalue weighted by atomic mass is 10.1. The van der Waals surface area contributed by atoms with Gasteiger partial charge < -0.3 is 24.1 Å². The number of halogens is 1. The SMILES string of the molecule is CCOc1cc(C(=O)N/N=C/c2cc(Br)c(OCc3ccc(C(=O)O)cc3)c(OCC)c2)ccc1OC. The van der Waals surface area contributed by atoms with E-state index in [0.29, 0.717) is 51.8 Å². The molecular formula is C27H27BrN2O7. The van der Waals surface area contributed by atoms with Crippen molar-refractivity contribution in [3.8, 4) is 23.0 Å². The fraction of sp³-hybridized carbons (Fsp3) is 0.222. The number of hydrogen-bond acceptors (Lipinski definition) is 7. The van der Waals surface area contributed by atoms with Crippen molar-refractivity contribution in [3.63, 3.8) is 0 Å². The molecule has 0 aliphatic carbocycles. The molecule has 0 unspecified atom stereocenters. The number of aromatic carboxylic acids is 1. The normalized spacial score (nSPS) is 10.7. The third kappa shape index (κ3) is 7.47.